The molecule has 3 aromatic rings. The van der Waals surface area contributed by atoms with Crippen LogP contribution in [0.5, 0.6) is 0 Å². The Bertz CT molecular complexity index is 1250. The van der Waals surface area contributed by atoms with Crippen LogP contribution >= 0.6 is 11.3 Å². The van der Waals surface area contributed by atoms with Crippen LogP contribution in [0.3, 0.4) is 0 Å². The zero-order valence-corrected chi connectivity index (χ0v) is 18.3. The summed E-state index contributed by atoms with van der Waals surface area (Å²) < 4.78 is 0.907. The van der Waals surface area contributed by atoms with Crippen LogP contribution < -0.4 is 4.90 Å². The van der Waals surface area contributed by atoms with E-state index in [1.165, 1.54) is 29.9 Å². The monoisotopic (exact) mass is 416 g/mol. The summed E-state index contributed by atoms with van der Waals surface area (Å²) in [5.41, 5.74) is 5.43. The molecule has 1 aromatic carbocycles. The molecular formula is C24H24N4OS. The number of rotatable bonds is 1. The summed E-state index contributed by atoms with van der Waals surface area (Å²) in [4.78, 5) is 22.7. The highest BCUT2D eigenvalue weighted by atomic mass is 32.1. The highest BCUT2D eigenvalue weighted by Gasteiger charge is 2.42. The first-order valence-electron chi connectivity index (χ1n) is 10.6. The van der Waals surface area contributed by atoms with Crippen molar-refractivity contribution >= 4 is 33.0 Å². The largest absolute Gasteiger partial charge is 0.368 e. The molecule has 2 aromatic heterocycles. The van der Waals surface area contributed by atoms with E-state index in [1.54, 1.807) is 0 Å². The number of likely N-dealkylation sites (N-methyl/N-ethyl adjacent to an activating group) is 1. The van der Waals surface area contributed by atoms with Gasteiger partial charge in [-0.05, 0) is 49.7 Å². The number of anilines is 1. The number of thiophene rings is 1. The molecular weight excluding hydrogens is 392 g/mol. The standard InChI is InChI=1S/C24H24N4OS/c1-24(2)18-8-13(28-11-14-4-5-15(12-28)27(14)3)6-7-17(18)21(29)20-22-19(26-23(20)24)9-16(10-25)30-22/h6-9,14-15,26H,4-5,11-12H2,1-3H3. The van der Waals surface area contributed by atoms with E-state index in [-0.39, 0.29) is 11.2 Å². The van der Waals surface area contributed by atoms with Crippen LogP contribution in [0.2, 0.25) is 0 Å². The molecule has 1 aliphatic carbocycles. The first-order chi connectivity index (χ1) is 14.4. The molecule has 6 heteroatoms. The van der Waals surface area contributed by atoms with E-state index in [0.29, 0.717) is 17.0 Å². The van der Waals surface area contributed by atoms with Gasteiger partial charge in [0.1, 0.15) is 10.9 Å². The molecule has 2 aliphatic heterocycles. The Kier molecular flexibility index (Phi) is 3.61. The van der Waals surface area contributed by atoms with Crippen molar-refractivity contribution in [2.24, 2.45) is 0 Å². The second-order valence-electron chi connectivity index (χ2n) is 9.48. The summed E-state index contributed by atoms with van der Waals surface area (Å²) in [5.74, 6) is 0.0712. The van der Waals surface area contributed by atoms with Crippen molar-refractivity contribution in [3.63, 3.8) is 0 Å². The van der Waals surface area contributed by atoms with E-state index in [4.69, 9.17) is 0 Å². The van der Waals surface area contributed by atoms with Crippen molar-refractivity contribution in [1.82, 2.24) is 9.88 Å². The first-order valence-corrected chi connectivity index (χ1v) is 11.4. The zero-order valence-electron chi connectivity index (χ0n) is 17.5. The van der Waals surface area contributed by atoms with Gasteiger partial charge in [0.25, 0.3) is 0 Å². The Morgan fingerprint density at radius 2 is 1.93 bits per heavy atom. The number of nitrogens with one attached hydrogen (secondary N) is 1. The van der Waals surface area contributed by atoms with E-state index < -0.39 is 0 Å². The van der Waals surface area contributed by atoms with Gasteiger partial charge in [0.15, 0.2) is 5.78 Å². The summed E-state index contributed by atoms with van der Waals surface area (Å²) in [6.07, 6.45) is 2.56. The molecule has 2 atom stereocenters. The zero-order chi connectivity index (χ0) is 20.8. The smallest absolute Gasteiger partial charge is 0.196 e. The van der Waals surface area contributed by atoms with E-state index >= 15 is 0 Å². The molecule has 1 N–H and O–H groups in total. The van der Waals surface area contributed by atoms with E-state index in [2.05, 4.69) is 53.9 Å². The molecule has 6 rings (SSSR count). The molecule has 5 nitrogen and oxygen atoms in total. The molecule has 0 radical (unpaired) electrons. The number of H-pyrrole nitrogens is 1. The minimum absolute atomic E-state index is 0.0712. The number of benzene rings is 1. The molecule has 2 bridgehead atoms. The van der Waals surface area contributed by atoms with Crippen molar-refractivity contribution in [2.45, 2.75) is 44.2 Å². The second kappa shape index (κ2) is 5.96. The summed E-state index contributed by atoms with van der Waals surface area (Å²) in [6, 6.07) is 11.7. The number of carbonyl (C=O) groups excluding carboxylic acids is 1. The van der Waals surface area contributed by atoms with Crippen molar-refractivity contribution < 1.29 is 4.79 Å². The van der Waals surface area contributed by atoms with Crippen molar-refractivity contribution in [3.05, 3.63) is 51.5 Å². The lowest BCUT2D eigenvalue weighted by molar-refractivity contribution is 0.103. The highest BCUT2D eigenvalue weighted by molar-refractivity contribution is 7.20. The Morgan fingerprint density at radius 1 is 1.20 bits per heavy atom. The maximum absolute atomic E-state index is 13.5. The molecule has 0 saturated carbocycles. The number of carbonyl (C=O) groups is 1. The first kappa shape index (κ1) is 18.2. The molecule has 2 fully saturated rings. The number of aromatic amines is 1. The number of aromatic nitrogens is 1. The molecule has 4 heterocycles. The van der Waals surface area contributed by atoms with Gasteiger partial charge in [0.05, 0.1) is 15.8 Å². The molecule has 0 amide bonds. The summed E-state index contributed by atoms with van der Waals surface area (Å²) in [5, 5.41) is 9.25. The molecule has 2 unspecified atom stereocenters. The molecule has 152 valence electrons. The van der Waals surface area contributed by atoms with Crippen molar-refractivity contribution in [3.8, 4) is 6.07 Å². The third-order valence-electron chi connectivity index (χ3n) is 7.56. The lowest BCUT2D eigenvalue weighted by atomic mass is 9.71. The van der Waals surface area contributed by atoms with Crippen LogP contribution in [-0.2, 0) is 5.41 Å². The van der Waals surface area contributed by atoms with Gasteiger partial charge in [-0.1, -0.05) is 13.8 Å². The maximum atomic E-state index is 13.5. The molecule has 0 spiro atoms. The van der Waals surface area contributed by atoms with Crippen molar-refractivity contribution in [1.29, 1.82) is 5.26 Å². The van der Waals surface area contributed by atoms with Gasteiger partial charge < -0.3 is 9.88 Å². The summed E-state index contributed by atoms with van der Waals surface area (Å²) in [7, 11) is 2.25. The Morgan fingerprint density at radius 3 is 2.63 bits per heavy atom. The Balaban J connectivity index is 1.45. The van der Waals surface area contributed by atoms with Gasteiger partial charge >= 0.3 is 0 Å². The minimum Gasteiger partial charge on any atom is -0.368 e. The van der Waals surface area contributed by atoms with Crippen LogP contribution in [0.4, 0.5) is 5.69 Å². The maximum Gasteiger partial charge on any atom is 0.196 e. The van der Waals surface area contributed by atoms with Crippen LogP contribution in [0.25, 0.3) is 10.2 Å². The van der Waals surface area contributed by atoms with Crippen LogP contribution in [0.1, 0.15) is 58.7 Å². The Labute approximate surface area is 179 Å². The summed E-state index contributed by atoms with van der Waals surface area (Å²) in [6.45, 7) is 6.50. The van der Waals surface area contributed by atoms with Gasteiger partial charge in [-0.25, -0.2) is 0 Å². The number of hydrogen-bond acceptors (Lipinski definition) is 5. The van der Waals surface area contributed by atoms with Gasteiger partial charge in [-0.3, -0.25) is 9.69 Å². The highest BCUT2D eigenvalue weighted by Crippen LogP contribution is 2.46. The van der Waals surface area contributed by atoms with Crippen LogP contribution in [0, 0.1) is 11.3 Å². The fraction of sp³-hybridized carbons (Fsp3) is 0.417. The van der Waals surface area contributed by atoms with Gasteiger partial charge in [-0.2, -0.15) is 5.26 Å². The number of nitrogens with zero attached hydrogens (tertiary/aromatic N) is 3. The average Bonchev–Trinajstić information content (AvgIpc) is 3.34. The predicted molar refractivity (Wildman–Crippen MR) is 120 cm³/mol. The normalized spacial score (nSPS) is 24.7. The van der Waals surface area contributed by atoms with Crippen LogP contribution in [-0.4, -0.2) is 47.9 Å². The van der Waals surface area contributed by atoms with E-state index in [0.717, 1.165) is 45.7 Å². The molecule has 3 aliphatic rings. The lowest BCUT2D eigenvalue weighted by Crippen LogP contribution is -2.52. The number of hydrogen-bond donors (Lipinski definition) is 1. The average molecular weight is 417 g/mol. The third kappa shape index (κ3) is 2.28. The van der Waals surface area contributed by atoms with E-state index in [1.807, 2.05) is 12.1 Å². The number of ketones is 1. The summed E-state index contributed by atoms with van der Waals surface area (Å²) >= 11 is 1.41. The van der Waals surface area contributed by atoms with Crippen LogP contribution in [0.15, 0.2) is 24.3 Å². The SMILES string of the molecule is CN1C2CCC1CN(c1ccc3c(c1)C(C)(C)c1[nH]c4cc(C#N)sc4c1C3=O)C2. The van der Waals surface area contributed by atoms with E-state index in [9.17, 15) is 10.1 Å². The van der Waals surface area contributed by atoms with Gasteiger partial charge in [0, 0.05) is 47.5 Å². The predicted octanol–water partition coefficient (Wildman–Crippen LogP) is 4.25. The lowest BCUT2D eigenvalue weighted by Gasteiger charge is -2.41. The minimum atomic E-state index is -0.300. The molecule has 2 saturated heterocycles. The number of piperazine rings is 1. The van der Waals surface area contributed by atoms with Gasteiger partial charge in [-0.15, -0.1) is 11.3 Å². The topological polar surface area (TPSA) is 63.1 Å². The Hall–Kier alpha value is -2.62. The molecule has 30 heavy (non-hydrogen) atoms. The fourth-order valence-corrected chi connectivity index (χ4v) is 6.72. The number of fused-ring (bicyclic) bond motifs is 6. The fourth-order valence-electron chi connectivity index (χ4n) is 5.76. The second-order valence-corrected chi connectivity index (χ2v) is 10.5. The quantitative estimate of drug-likeness (QED) is 0.644. The number of nitriles is 1. The van der Waals surface area contributed by atoms with Crippen molar-refractivity contribution in [2.75, 3.05) is 25.0 Å². The van der Waals surface area contributed by atoms with Gasteiger partial charge in [0.2, 0.25) is 0 Å². The third-order valence-corrected chi connectivity index (χ3v) is 8.62.